The van der Waals surface area contributed by atoms with E-state index in [9.17, 15) is 4.79 Å². The van der Waals surface area contributed by atoms with Crippen molar-refractivity contribution in [2.75, 3.05) is 19.6 Å². The third-order valence-corrected chi connectivity index (χ3v) is 8.36. The molecule has 1 aromatic carbocycles. The van der Waals surface area contributed by atoms with Gasteiger partial charge in [0.1, 0.15) is 0 Å². The predicted molar refractivity (Wildman–Crippen MR) is 117 cm³/mol. The molecule has 3 unspecified atom stereocenters. The van der Waals surface area contributed by atoms with E-state index >= 15 is 0 Å². The highest BCUT2D eigenvalue weighted by Gasteiger charge is 2.53. The van der Waals surface area contributed by atoms with Gasteiger partial charge < -0.3 is 9.88 Å². The van der Waals surface area contributed by atoms with Crippen molar-refractivity contribution in [2.24, 2.45) is 23.2 Å². The quantitative estimate of drug-likeness (QED) is 0.801. The maximum absolute atomic E-state index is 12.4. The Morgan fingerprint density at radius 1 is 1.11 bits per heavy atom. The molecule has 4 fully saturated rings. The molecule has 2 aromatic rings. The van der Waals surface area contributed by atoms with E-state index in [4.69, 9.17) is 0 Å². The van der Waals surface area contributed by atoms with Crippen LogP contribution in [0, 0.1) is 23.2 Å². The van der Waals surface area contributed by atoms with E-state index in [0.717, 1.165) is 54.7 Å². The zero-order valence-corrected chi connectivity index (χ0v) is 16.8. The van der Waals surface area contributed by atoms with Gasteiger partial charge in [-0.05, 0) is 80.4 Å². The molecule has 154 valence electrons. The van der Waals surface area contributed by atoms with E-state index in [-0.39, 0.29) is 13.1 Å². The molecule has 4 heteroatoms. The molecule has 4 nitrogen and oxygen atoms in total. The first-order chi connectivity index (χ1) is 13.0. The fraction of sp³-hybridized carbons (Fsp3) is 0.708. The number of rotatable bonds is 4. The highest BCUT2D eigenvalue weighted by Crippen LogP contribution is 2.62. The number of hydrogen-bond acceptors (Lipinski definition) is 2. The Morgan fingerprint density at radius 2 is 1.86 bits per heavy atom. The average molecular weight is 384 g/mol. The number of aromatic amines is 1. The molecule has 0 spiro atoms. The van der Waals surface area contributed by atoms with Gasteiger partial charge in [-0.3, -0.25) is 4.57 Å². The molecule has 1 aromatic heterocycles. The lowest BCUT2D eigenvalue weighted by Crippen LogP contribution is -2.52. The number of fused-ring (bicyclic) bond motifs is 3. The maximum atomic E-state index is 12.4. The van der Waals surface area contributed by atoms with Crippen molar-refractivity contribution >= 4 is 11.0 Å². The van der Waals surface area contributed by atoms with Crippen LogP contribution in [-0.4, -0.2) is 34.1 Å². The molecule has 28 heavy (non-hydrogen) atoms. The number of likely N-dealkylation sites (tertiary alicyclic amines) is 1. The Kier molecular flexibility index (Phi) is 5.20. The molecule has 4 aliphatic rings. The molecule has 6 rings (SSSR count). The highest BCUT2D eigenvalue weighted by molar-refractivity contribution is 5.75. The fourth-order valence-electron chi connectivity index (χ4n) is 6.49. The molecule has 2 heterocycles. The first-order valence-corrected chi connectivity index (χ1v) is 11.0. The summed E-state index contributed by atoms with van der Waals surface area (Å²) in [5.41, 5.74) is 2.68. The summed E-state index contributed by atoms with van der Waals surface area (Å²) in [5.74, 6) is 2.92. The van der Waals surface area contributed by atoms with Gasteiger partial charge in [0, 0.05) is 19.1 Å². The third kappa shape index (κ3) is 3.14. The molecule has 2 bridgehead atoms. The lowest BCUT2D eigenvalue weighted by Gasteiger charge is -2.60. The minimum atomic E-state index is 0. The highest BCUT2D eigenvalue weighted by atomic mass is 16.1. The number of aromatic nitrogens is 2. The second kappa shape index (κ2) is 7.37. The molecule has 1 saturated heterocycles. The smallest absolute Gasteiger partial charge is 0.306 e. The summed E-state index contributed by atoms with van der Waals surface area (Å²) in [6.07, 6.45) is 7.95. The van der Waals surface area contributed by atoms with Gasteiger partial charge in [0.25, 0.3) is 0 Å². The van der Waals surface area contributed by atoms with Crippen molar-refractivity contribution in [1.82, 2.24) is 14.5 Å². The summed E-state index contributed by atoms with van der Waals surface area (Å²) in [6, 6.07) is 8.42. The Labute approximate surface area is 169 Å². The molecule has 1 N–H and O–H groups in total. The Morgan fingerprint density at radius 3 is 2.57 bits per heavy atom. The van der Waals surface area contributed by atoms with Crippen molar-refractivity contribution in [3.05, 3.63) is 34.7 Å². The lowest BCUT2D eigenvalue weighted by molar-refractivity contribution is -0.108. The van der Waals surface area contributed by atoms with Crippen LogP contribution in [0.3, 0.4) is 0 Å². The Balaban J connectivity index is 0.00000192. The van der Waals surface area contributed by atoms with Gasteiger partial charge in [0.2, 0.25) is 0 Å². The number of nitrogens with one attached hydrogen (secondary N) is 1. The van der Waals surface area contributed by atoms with Crippen molar-refractivity contribution in [3.63, 3.8) is 0 Å². The van der Waals surface area contributed by atoms with Crippen LogP contribution in [0.15, 0.2) is 29.1 Å². The van der Waals surface area contributed by atoms with E-state index < -0.39 is 0 Å². The SMILES string of the molecule is C.CC1(C)C2CCC(CCN3CCC(n4c(=O)[nH]c5ccccc54)CC3)C1C2. The maximum Gasteiger partial charge on any atom is 0.326 e. The summed E-state index contributed by atoms with van der Waals surface area (Å²) in [5, 5.41) is 0. The summed E-state index contributed by atoms with van der Waals surface area (Å²) < 4.78 is 2.00. The first-order valence-electron chi connectivity index (χ1n) is 11.0. The van der Waals surface area contributed by atoms with Crippen LogP contribution >= 0.6 is 0 Å². The van der Waals surface area contributed by atoms with E-state index in [1.165, 1.54) is 32.2 Å². The molecule has 3 saturated carbocycles. The van der Waals surface area contributed by atoms with Crippen molar-refractivity contribution < 1.29 is 0 Å². The number of para-hydroxylation sites is 2. The average Bonchev–Trinajstić information content (AvgIpc) is 3.02. The molecule has 0 amide bonds. The van der Waals surface area contributed by atoms with E-state index in [2.05, 4.69) is 29.8 Å². The molecular weight excluding hydrogens is 346 g/mol. The summed E-state index contributed by atoms with van der Waals surface area (Å²) in [6.45, 7) is 8.50. The minimum Gasteiger partial charge on any atom is -0.306 e. The van der Waals surface area contributed by atoms with E-state index in [1.54, 1.807) is 0 Å². The van der Waals surface area contributed by atoms with Crippen molar-refractivity contribution in [1.29, 1.82) is 0 Å². The monoisotopic (exact) mass is 383 g/mol. The number of hydrogen-bond donors (Lipinski definition) is 1. The van der Waals surface area contributed by atoms with E-state index in [0.29, 0.717) is 11.5 Å². The van der Waals surface area contributed by atoms with Gasteiger partial charge in [-0.25, -0.2) is 4.79 Å². The summed E-state index contributed by atoms with van der Waals surface area (Å²) in [4.78, 5) is 18.1. The number of piperidine rings is 1. The third-order valence-electron chi connectivity index (χ3n) is 8.36. The molecular formula is C24H37N3O. The Hall–Kier alpha value is -1.55. The number of H-pyrrole nitrogens is 1. The Bertz CT molecular complexity index is 869. The van der Waals surface area contributed by atoms with Gasteiger partial charge in [-0.2, -0.15) is 0 Å². The van der Waals surface area contributed by atoms with Gasteiger partial charge in [0.05, 0.1) is 11.0 Å². The van der Waals surface area contributed by atoms with Gasteiger partial charge in [-0.1, -0.05) is 33.4 Å². The zero-order valence-electron chi connectivity index (χ0n) is 16.8. The molecule has 3 aliphatic carbocycles. The topological polar surface area (TPSA) is 41.0 Å². The van der Waals surface area contributed by atoms with Gasteiger partial charge in [0.15, 0.2) is 0 Å². The van der Waals surface area contributed by atoms with Crippen LogP contribution in [-0.2, 0) is 0 Å². The van der Waals surface area contributed by atoms with Crippen molar-refractivity contribution in [2.45, 2.75) is 65.8 Å². The van der Waals surface area contributed by atoms with Crippen LogP contribution in [0.2, 0.25) is 0 Å². The van der Waals surface area contributed by atoms with Gasteiger partial charge >= 0.3 is 5.69 Å². The first kappa shape index (κ1) is 19.8. The minimum absolute atomic E-state index is 0. The normalized spacial score (nSPS) is 30.0. The lowest BCUT2D eigenvalue weighted by atomic mass is 9.45. The van der Waals surface area contributed by atoms with Crippen molar-refractivity contribution in [3.8, 4) is 0 Å². The second-order valence-electron chi connectivity index (χ2n) is 9.88. The van der Waals surface area contributed by atoms with Crippen LogP contribution in [0.1, 0.15) is 65.8 Å². The molecule has 1 aliphatic heterocycles. The summed E-state index contributed by atoms with van der Waals surface area (Å²) >= 11 is 0. The second-order valence-corrected chi connectivity index (χ2v) is 9.88. The van der Waals surface area contributed by atoms with E-state index in [1.807, 2.05) is 22.8 Å². The zero-order chi connectivity index (χ0) is 18.6. The molecule has 3 atom stereocenters. The number of imidazole rings is 1. The number of nitrogens with zero attached hydrogens (tertiary/aromatic N) is 2. The standard InChI is InChI=1S/C23H33N3O.CH4/c1-23(2)17-8-7-16(19(23)15-17)9-12-25-13-10-18(11-14-25)26-21-6-4-3-5-20(21)24-22(26)27;/h3-6,16-19H,7-15H2,1-2H3,(H,24,27);1H4. The van der Waals surface area contributed by atoms with Gasteiger partial charge in [-0.15, -0.1) is 0 Å². The van der Waals surface area contributed by atoms with Crippen LogP contribution < -0.4 is 5.69 Å². The fourth-order valence-corrected chi connectivity index (χ4v) is 6.49. The predicted octanol–water partition coefficient (Wildman–Crippen LogP) is 5.07. The van der Waals surface area contributed by atoms with Crippen LogP contribution in [0.5, 0.6) is 0 Å². The van der Waals surface area contributed by atoms with Crippen LogP contribution in [0.25, 0.3) is 11.0 Å². The number of benzene rings is 1. The largest absolute Gasteiger partial charge is 0.326 e. The summed E-state index contributed by atoms with van der Waals surface area (Å²) in [7, 11) is 0. The molecule has 0 radical (unpaired) electrons. The van der Waals surface area contributed by atoms with Crippen LogP contribution in [0.4, 0.5) is 0 Å².